The van der Waals surface area contributed by atoms with E-state index in [1.807, 2.05) is 48.5 Å². The predicted molar refractivity (Wildman–Crippen MR) is 145 cm³/mol. The monoisotopic (exact) mass is 527 g/mol. The SMILES string of the molecule is CCOC(=O)C1=C(c2ccccc2)N=c2sc(=Cc3cccnc3)c(=O)n2C1c1ccc(OC)c(OC)c1. The molecular formula is C29H25N3O5S. The number of benzene rings is 2. The molecule has 1 aliphatic rings. The van der Waals surface area contributed by atoms with Crippen LogP contribution < -0.4 is 24.4 Å². The number of rotatable bonds is 7. The van der Waals surface area contributed by atoms with Gasteiger partial charge >= 0.3 is 5.97 Å². The zero-order chi connectivity index (χ0) is 26.6. The van der Waals surface area contributed by atoms with Gasteiger partial charge in [-0.15, -0.1) is 0 Å². The lowest BCUT2D eigenvalue weighted by Gasteiger charge is -2.26. The molecule has 0 amide bonds. The first-order valence-corrected chi connectivity index (χ1v) is 12.8. The molecule has 38 heavy (non-hydrogen) atoms. The molecule has 192 valence electrons. The highest BCUT2D eigenvalue weighted by molar-refractivity contribution is 7.07. The molecule has 0 fully saturated rings. The topological polar surface area (TPSA) is 92.0 Å². The van der Waals surface area contributed by atoms with Crippen LogP contribution in [0.25, 0.3) is 11.8 Å². The number of ether oxygens (including phenoxy) is 3. The molecular weight excluding hydrogens is 502 g/mol. The Kier molecular flexibility index (Phi) is 7.19. The maximum absolute atomic E-state index is 13.9. The van der Waals surface area contributed by atoms with Crippen molar-refractivity contribution in [2.75, 3.05) is 20.8 Å². The van der Waals surface area contributed by atoms with Gasteiger partial charge < -0.3 is 14.2 Å². The number of fused-ring (bicyclic) bond motifs is 1. The second-order valence-corrected chi connectivity index (χ2v) is 9.34. The smallest absolute Gasteiger partial charge is 0.338 e. The number of hydrogen-bond acceptors (Lipinski definition) is 8. The highest BCUT2D eigenvalue weighted by Crippen LogP contribution is 2.38. The van der Waals surface area contributed by atoms with Gasteiger partial charge in [0.2, 0.25) is 0 Å². The summed E-state index contributed by atoms with van der Waals surface area (Å²) in [4.78, 5) is 36.9. The molecule has 5 rings (SSSR count). The summed E-state index contributed by atoms with van der Waals surface area (Å²) in [5, 5.41) is 0. The lowest BCUT2D eigenvalue weighted by Crippen LogP contribution is -2.40. The van der Waals surface area contributed by atoms with E-state index in [1.165, 1.54) is 11.3 Å². The van der Waals surface area contributed by atoms with Crippen LogP contribution in [-0.2, 0) is 9.53 Å². The van der Waals surface area contributed by atoms with Crippen LogP contribution >= 0.6 is 11.3 Å². The molecule has 0 bridgehead atoms. The molecule has 9 heteroatoms. The zero-order valence-electron chi connectivity index (χ0n) is 21.1. The first kappa shape index (κ1) is 25.2. The molecule has 0 aliphatic carbocycles. The van der Waals surface area contributed by atoms with Gasteiger partial charge in [0.25, 0.3) is 5.56 Å². The van der Waals surface area contributed by atoms with Crippen molar-refractivity contribution >= 4 is 29.1 Å². The van der Waals surface area contributed by atoms with Crippen LogP contribution in [0, 0.1) is 0 Å². The fourth-order valence-electron chi connectivity index (χ4n) is 4.39. The number of esters is 1. The van der Waals surface area contributed by atoms with E-state index in [4.69, 9.17) is 19.2 Å². The van der Waals surface area contributed by atoms with Gasteiger partial charge in [0, 0.05) is 18.0 Å². The first-order chi connectivity index (χ1) is 18.5. The Labute approximate surface area is 222 Å². The van der Waals surface area contributed by atoms with Crippen LogP contribution in [0.2, 0.25) is 0 Å². The normalized spacial score (nSPS) is 15.0. The fraction of sp³-hybridized carbons (Fsp3) is 0.172. The van der Waals surface area contributed by atoms with E-state index in [2.05, 4.69) is 4.98 Å². The second kappa shape index (κ2) is 10.9. The Morgan fingerprint density at radius 3 is 2.53 bits per heavy atom. The molecule has 1 atom stereocenters. The Hall–Kier alpha value is -4.50. The number of pyridine rings is 1. The van der Waals surface area contributed by atoms with Gasteiger partial charge in [-0.2, -0.15) is 0 Å². The maximum Gasteiger partial charge on any atom is 0.338 e. The summed E-state index contributed by atoms with van der Waals surface area (Å²) in [6, 6.07) is 17.6. The molecule has 0 spiro atoms. The molecule has 2 aromatic carbocycles. The van der Waals surface area contributed by atoms with Crippen LogP contribution in [-0.4, -0.2) is 36.3 Å². The minimum Gasteiger partial charge on any atom is -0.493 e. The van der Waals surface area contributed by atoms with Gasteiger partial charge in [0.05, 0.1) is 42.7 Å². The number of nitrogens with zero attached hydrogens (tertiary/aromatic N) is 3. The lowest BCUT2D eigenvalue weighted by molar-refractivity contribution is -0.138. The summed E-state index contributed by atoms with van der Waals surface area (Å²) in [6.45, 7) is 1.92. The Morgan fingerprint density at radius 2 is 1.84 bits per heavy atom. The second-order valence-electron chi connectivity index (χ2n) is 8.33. The number of carbonyl (C=O) groups excluding carboxylic acids is 1. The molecule has 3 heterocycles. The molecule has 0 N–H and O–H groups in total. The minimum absolute atomic E-state index is 0.175. The molecule has 2 aromatic heterocycles. The van der Waals surface area contributed by atoms with Crippen LogP contribution in [0.3, 0.4) is 0 Å². The van der Waals surface area contributed by atoms with E-state index in [-0.39, 0.29) is 17.7 Å². The van der Waals surface area contributed by atoms with Crippen molar-refractivity contribution in [2.45, 2.75) is 13.0 Å². The van der Waals surface area contributed by atoms with Crippen molar-refractivity contribution in [3.63, 3.8) is 0 Å². The molecule has 0 saturated heterocycles. The van der Waals surface area contributed by atoms with Crippen molar-refractivity contribution in [3.8, 4) is 11.5 Å². The largest absolute Gasteiger partial charge is 0.493 e. The number of aromatic nitrogens is 2. The minimum atomic E-state index is -0.809. The molecule has 0 radical (unpaired) electrons. The molecule has 8 nitrogen and oxygen atoms in total. The van der Waals surface area contributed by atoms with Gasteiger partial charge in [-0.3, -0.25) is 14.3 Å². The van der Waals surface area contributed by atoms with Crippen molar-refractivity contribution in [2.24, 2.45) is 4.99 Å². The summed E-state index contributed by atoms with van der Waals surface area (Å²) in [5.74, 6) is 0.463. The summed E-state index contributed by atoms with van der Waals surface area (Å²) in [6.07, 6.45) is 5.13. The van der Waals surface area contributed by atoms with E-state index in [9.17, 15) is 9.59 Å². The first-order valence-electron chi connectivity index (χ1n) is 12.0. The van der Waals surface area contributed by atoms with Gasteiger partial charge in [-0.05, 0) is 42.3 Å². The maximum atomic E-state index is 13.9. The summed E-state index contributed by atoms with van der Waals surface area (Å²) in [5.41, 5.74) is 2.64. The number of carbonyl (C=O) groups is 1. The fourth-order valence-corrected chi connectivity index (χ4v) is 5.39. The van der Waals surface area contributed by atoms with Gasteiger partial charge in [0.1, 0.15) is 0 Å². The number of hydrogen-bond donors (Lipinski definition) is 0. The van der Waals surface area contributed by atoms with Crippen molar-refractivity contribution in [1.82, 2.24) is 9.55 Å². The van der Waals surface area contributed by atoms with E-state index >= 15 is 0 Å². The lowest BCUT2D eigenvalue weighted by atomic mass is 9.93. The average molecular weight is 528 g/mol. The number of thiazole rings is 1. The molecule has 0 saturated carbocycles. The third kappa shape index (κ3) is 4.64. The molecule has 4 aromatic rings. The average Bonchev–Trinajstić information content (AvgIpc) is 3.27. The van der Waals surface area contributed by atoms with Crippen molar-refractivity contribution in [1.29, 1.82) is 0 Å². The summed E-state index contributed by atoms with van der Waals surface area (Å²) >= 11 is 1.26. The zero-order valence-corrected chi connectivity index (χ0v) is 21.9. The third-order valence-corrected chi connectivity index (χ3v) is 7.06. The Balaban J connectivity index is 1.85. The van der Waals surface area contributed by atoms with E-state index in [0.29, 0.717) is 32.1 Å². The van der Waals surface area contributed by atoms with Crippen LogP contribution in [0.1, 0.15) is 29.7 Å². The Bertz CT molecular complexity index is 1690. The standard InChI is InChI=1S/C29H25N3O5S/c1-4-37-28(34)24-25(19-10-6-5-7-11-19)31-29-32(26(24)20-12-13-21(35-2)22(16-20)36-3)27(33)23(38-29)15-18-9-8-14-30-17-18/h5-17,26H,4H2,1-3H3. The van der Waals surface area contributed by atoms with Crippen molar-refractivity contribution < 1.29 is 19.0 Å². The van der Waals surface area contributed by atoms with Crippen LogP contribution in [0.15, 0.2) is 88.4 Å². The summed E-state index contributed by atoms with van der Waals surface area (Å²) in [7, 11) is 3.09. The van der Waals surface area contributed by atoms with Crippen molar-refractivity contribution in [3.05, 3.63) is 115 Å². The Morgan fingerprint density at radius 1 is 1.05 bits per heavy atom. The number of methoxy groups -OCH3 is 2. The van der Waals surface area contributed by atoms with Gasteiger partial charge in [0.15, 0.2) is 16.3 Å². The molecule has 1 aliphatic heterocycles. The van der Waals surface area contributed by atoms with E-state index in [0.717, 1.165) is 11.1 Å². The summed E-state index contributed by atoms with van der Waals surface area (Å²) < 4.78 is 18.5. The van der Waals surface area contributed by atoms with E-state index < -0.39 is 12.0 Å². The van der Waals surface area contributed by atoms with Crippen LogP contribution in [0.4, 0.5) is 0 Å². The highest BCUT2D eigenvalue weighted by Gasteiger charge is 2.35. The van der Waals surface area contributed by atoms with Crippen LogP contribution in [0.5, 0.6) is 11.5 Å². The molecule has 1 unspecified atom stereocenters. The van der Waals surface area contributed by atoms with Gasteiger partial charge in [-0.1, -0.05) is 53.8 Å². The van der Waals surface area contributed by atoms with Gasteiger partial charge in [-0.25, -0.2) is 9.79 Å². The third-order valence-electron chi connectivity index (χ3n) is 6.08. The quantitative estimate of drug-likeness (QED) is 0.343. The van der Waals surface area contributed by atoms with E-state index in [1.54, 1.807) is 56.3 Å². The predicted octanol–water partition coefficient (Wildman–Crippen LogP) is 3.35. The highest BCUT2D eigenvalue weighted by atomic mass is 32.1.